The van der Waals surface area contributed by atoms with Crippen molar-refractivity contribution in [1.82, 2.24) is 19.5 Å². The van der Waals surface area contributed by atoms with Crippen LogP contribution in [-0.4, -0.2) is 60.2 Å². The molecule has 2 aromatic heterocycles. The van der Waals surface area contributed by atoms with Gasteiger partial charge < -0.3 is 20.3 Å². The van der Waals surface area contributed by atoms with E-state index >= 15 is 0 Å². The van der Waals surface area contributed by atoms with Crippen molar-refractivity contribution in [2.24, 2.45) is 5.92 Å². The van der Waals surface area contributed by atoms with Crippen molar-refractivity contribution in [1.29, 1.82) is 0 Å². The van der Waals surface area contributed by atoms with E-state index in [2.05, 4.69) is 20.3 Å². The van der Waals surface area contributed by atoms with Crippen LogP contribution in [0.15, 0.2) is 36.9 Å². The van der Waals surface area contributed by atoms with Gasteiger partial charge >= 0.3 is 0 Å². The van der Waals surface area contributed by atoms with Crippen molar-refractivity contribution in [3.8, 4) is 0 Å². The zero-order chi connectivity index (χ0) is 19.4. The second-order valence-electron chi connectivity index (χ2n) is 6.67. The second-order valence-corrected chi connectivity index (χ2v) is 6.67. The summed E-state index contributed by atoms with van der Waals surface area (Å²) < 4.78 is 7.31. The molecule has 3 aromatic rings. The smallest absolute Gasteiger partial charge is 0.257 e. The maximum Gasteiger partial charge on any atom is 0.257 e. The summed E-state index contributed by atoms with van der Waals surface area (Å²) >= 11 is 0. The van der Waals surface area contributed by atoms with Gasteiger partial charge in [-0.15, -0.1) is 0 Å². The molecule has 2 aliphatic rings. The number of nitrogens with zero attached hydrogens (tertiary/aromatic N) is 4. The normalized spacial score (nSPS) is 26.6. The molecule has 4 heterocycles. The number of aliphatic hydroxyl groups excluding tert-OH is 2. The van der Waals surface area contributed by atoms with Crippen LogP contribution in [0, 0.1) is 5.92 Å². The molecule has 1 aromatic carbocycles. The molecule has 28 heavy (non-hydrogen) atoms. The summed E-state index contributed by atoms with van der Waals surface area (Å²) in [5.74, 6) is -1.85. The molecule has 2 aliphatic heterocycles. The number of hydrogen-bond donors (Lipinski definition) is 3. The third-order valence-corrected chi connectivity index (χ3v) is 5.15. The first-order chi connectivity index (χ1) is 13.6. The third kappa shape index (κ3) is 2.29. The van der Waals surface area contributed by atoms with Gasteiger partial charge in [0.15, 0.2) is 22.8 Å². The Labute approximate surface area is 157 Å². The lowest BCUT2D eigenvalue weighted by molar-refractivity contribution is -0.0444. The molecule has 10 heteroatoms. The molecule has 4 atom stereocenters. The van der Waals surface area contributed by atoms with E-state index in [0.717, 1.165) is 0 Å². The van der Waals surface area contributed by atoms with Crippen molar-refractivity contribution in [2.45, 2.75) is 18.4 Å². The van der Waals surface area contributed by atoms with E-state index in [9.17, 15) is 19.8 Å². The molecule has 4 bridgehead atoms. The maximum atomic E-state index is 13.4. The number of amides is 1. The summed E-state index contributed by atoms with van der Waals surface area (Å²) in [6.45, 7) is -0.462. The number of hydrogen-bond acceptors (Lipinski definition) is 8. The molecule has 1 saturated heterocycles. The van der Waals surface area contributed by atoms with Gasteiger partial charge in [-0.1, -0.05) is 18.2 Å². The number of aromatic nitrogens is 4. The van der Waals surface area contributed by atoms with Crippen molar-refractivity contribution in [2.75, 3.05) is 11.9 Å². The molecule has 1 fully saturated rings. The van der Waals surface area contributed by atoms with Crippen LogP contribution < -0.4 is 5.32 Å². The van der Waals surface area contributed by atoms with Gasteiger partial charge in [0.2, 0.25) is 0 Å². The number of imidazole rings is 1. The largest absolute Gasteiger partial charge is 0.394 e. The molecule has 1 amide bonds. The standard InChI is InChI=1S/C18H15N5O5/c24-5-10-14(26)11-13(25)8-3-1-2-4-9(8)17(27)22-15-12-16(20-6-19-15)23(7-21-12)18(11)28-10/h1-4,6-7,10-11,14,18,24,26H,5H2,(H,19,20,22,27)/t10-,11-,14-,18-/m1/s1. The summed E-state index contributed by atoms with van der Waals surface area (Å²) in [5, 5.41) is 22.9. The van der Waals surface area contributed by atoms with Gasteiger partial charge in [-0.2, -0.15) is 0 Å². The SMILES string of the molecule is O=C1Nc2ncnc3c2ncn3[C@@H]2O[C@H](CO)[C@@H](O)[C@H]2C(=O)c2ccccc21. The number of nitrogens with one attached hydrogen (secondary N) is 1. The van der Waals surface area contributed by atoms with Crippen molar-refractivity contribution < 1.29 is 24.5 Å². The predicted molar refractivity (Wildman–Crippen MR) is 94.5 cm³/mol. The molecule has 0 radical (unpaired) electrons. The van der Waals surface area contributed by atoms with E-state index in [1.165, 1.54) is 29.4 Å². The van der Waals surface area contributed by atoms with E-state index in [0.29, 0.717) is 11.2 Å². The van der Waals surface area contributed by atoms with Crippen molar-refractivity contribution in [3.05, 3.63) is 48.0 Å². The highest BCUT2D eigenvalue weighted by atomic mass is 16.5. The number of anilines is 1. The summed E-state index contributed by atoms with van der Waals surface area (Å²) in [6, 6.07) is 6.33. The van der Waals surface area contributed by atoms with Gasteiger partial charge in [0.1, 0.15) is 18.7 Å². The van der Waals surface area contributed by atoms with Crippen LogP contribution in [-0.2, 0) is 4.74 Å². The van der Waals surface area contributed by atoms with Crippen LogP contribution in [0.1, 0.15) is 26.9 Å². The first kappa shape index (κ1) is 16.9. The highest BCUT2D eigenvalue weighted by Crippen LogP contribution is 2.39. The maximum absolute atomic E-state index is 13.4. The number of benzene rings is 1. The Bertz CT molecular complexity index is 1110. The lowest BCUT2D eigenvalue weighted by Crippen LogP contribution is -2.35. The second kappa shape index (κ2) is 6.16. The van der Waals surface area contributed by atoms with Gasteiger partial charge in [-0.3, -0.25) is 14.2 Å². The average molecular weight is 381 g/mol. The first-order valence-corrected chi connectivity index (χ1v) is 8.66. The first-order valence-electron chi connectivity index (χ1n) is 8.66. The number of ether oxygens (including phenoxy) is 1. The average Bonchev–Trinajstić information content (AvgIpc) is 3.28. The fraction of sp³-hybridized carbons (Fsp3) is 0.278. The predicted octanol–water partition coefficient (Wildman–Crippen LogP) is 0.142. The topological polar surface area (TPSA) is 139 Å². The number of aliphatic hydroxyl groups is 2. The van der Waals surface area contributed by atoms with E-state index in [-0.39, 0.29) is 16.9 Å². The Balaban J connectivity index is 1.80. The molecule has 0 spiro atoms. The minimum Gasteiger partial charge on any atom is -0.394 e. The van der Waals surface area contributed by atoms with E-state index in [1.54, 1.807) is 12.1 Å². The Morgan fingerprint density at radius 1 is 1.14 bits per heavy atom. The lowest BCUT2D eigenvalue weighted by atomic mass is 9.88. The zero-order valence-corrected chi connectivity index (χ0v) is 14.4. The van der Waals surface area contributed by atoms with E-state index in [4.69, 9.17) is 4.74 Å². The highest BCUT2D eigenvalue weighted by Gasteiger charge is 2.49. The van der Waals surface area contributed by atoms with Crippen LogP contribution in [0.5, 0.6) is 0 Å². The Morgan fingerprint density at radius 2 is 1.93 bits per heavy atom. The van der Waals surface area contributed by atoms with Gasteiger partial charge in [-0.05, 0) is 6.07 Å². The number of ketones is 1. The van der Waals surface area contributed by atoms with Gasteiger partial charge in [0, 0.05) is 5.56 Å². The minimum absolute atomic E-state index is 0.148. The summed E-state index contributed by atoms with van der Waals surface area (Å²) in [5.41, 5.74) is 0.963. The molecule has 0 aliphatic carbocycles. The van der Waals surface area contributed by atoms with E-state index in [1.807, 2.05) is 0 Å². The molecule has 3 N–H and O–H groups in total. The molecule has 142 valence electrons. The quantitative estimate of drug-likeness (QED) is 0.541. The van der Waals surface area contributed by atoms with Crippen LogP contribution in [0.25, 0.3) is 11.2 Å². The zero-order valence-electron chi connectivity index (χ0n) is 14.4. The number of rotatable bonds is 1. The van der Waals surface area contributed by atoms with Crippen LogP contribution in [0.3, 0.4) is 0 Å². The van der Waals surface area contributed by atoms with Gasteiger partial charge in [-0.25, -0.2) is 15.0 Å². The summed E-state index contributed by atoms with van der Waals surface area (Å²) in [4.78, 5) is 38.8. The molecule has 0 saturated carbocycles. The van der Waals surface area contributed by atoms with Crippen LogP contribution in [0.2, 0.25) is 0 Å². The summed E-state index contributed by atoms with van der Waals surface area (Å²) in [7, 11) is 0. The number of fused-ring (bicyclic) bond motifs is 3. The minimum atomic E-state index is -1.27. The van der Waals surface area contributed by atoms with Crippen LogP contribution in [0.4, 0.5) is 5.82 Å². The highest BCUT2D eigenvalue weighted by molar-refractivity contribution is 6.14. The molecular weight excluding hydrogens is 366 g/mol. The molecule has 0 unspecified atom stereocenters. The monoisotopic (exact) mass is 381 g/mol. The van der Waals surface area contributed by atoms with Gasteiger partial charge in [0.05, 0.1) is 30.5 Å². The number of carbonyl (C=O) groups excluding carboxylic acids is 2. The number of Topliss-reactive ketones (excluding diaryl/α,β-unsaturated/α-hetero) is 1. The Kier molecular flexibility index (Phi) is 3.72. The Hall–Kier alpha value is -3.21. The lowest BCUT2D eigenvalue weighted by Gasteiger charge is -2.21. The number of carbonyl (C=O) groups is 2. The van der Waals surface area contributed by atoms with Crippen molar-refractivity contribution in [3.63, 3.8) is 0 Å². The van der Waals surface area contributed by atoms with Crippen LogP contribution >= 0.6 is 0 Å². The molecular formula is C18H15N5O5. The third-order valence-electron chi connectivity index (χ3n) is 5.15. The summed E-state index contributed by atoms with van der Waals surface area (Å²) in [6.07, 6.45) is -0.487. The molecule has 10 nitrogen and oxygen atoms in total. The van der Waals surface area contributed by atoms with Gasteiger partial charge in [0.25, 0.3) is 5.91 Å². The fourth-order valence-corrected chi connectivity index (χ4v) is 3.80. The Morgan fingerprint density at radius 3 is 2.71 bits per heavy atom. The molecule has 5 rings (SSSR count). The van der Waals surface area contributed by atoms with Crippen molar-refractivity contribution >= 4 is 28.7 Å². The fourth-order valence-electron chi connectivity index (χ4n) is 3.80. The van der Waals surface area contributed by atoms with E-state index < -0.39 is 42.7 Å².